The van der Waals surface area contributed by atoms with Crippen LogP contribution in [0.15, 0.2) is 53.4 Å². The van der Waals surface area contributed by atoms with Crippen LogP contribution in [0.1, 0.15) is 18.0 Å². The standard InChI is InChI=1S/C18H20N4O5S/c23-18(15-11-14(19-20-15)12-4-2-1-3-5-12)21-22-28(24,25)13-6-7-16-17(10-13)27-9-8-26-16/h1-7,10,14-15,19-20,22H,8-9,11H2,(H,21,23). The number of hydrazine groups is 2. The first-order valence-electron chi connectivity index (χ1n) is 8.80. The van der Waals surface area contributed by atoms with Crippen molar-refractivity contribution in [2.24, 2.45) is 0 Å². The van der Waals surface area contributed by atoms with Crippen molar-refractivity contribution in [1.82, 2.24) is 21.1 Å². The van der Waals surface area contributed by atoms with E-state index in [1.165, 1.54) is 18.2 Å². The van der Waals surface area contributed by atoms with Gasteiger partial charge >= 0.3 is 0 Å². The molecule has 2 heterocycles. The van der Waals surface area contributed by atoms with Crippen LogP contribution in [-0.2, 0) is 14.8 Å². The molecule has 0 aromatic heterocycles. The zero-order valence-corrected chi connectivity index (χ0v) is 15.7. The maximum absolute atomic E-state index is 12.5. The summed E-state index contributed by atoms with van der Waals surface area (Å²) in [6.07, 6.45) is 0.488. The molecule has 1 saturated heterocycles. The fourth-order valence-corrected chi connectivity index (χ4v) is 3.95. The molecule has 2 aliphatic rings. The number of benzene rings is 2. The summed E-state index contributed by atoms with van der Waals surface area (Å²) < 4.78 is 35.7. The van der Waals surface area contributed by atoms with Crippen molar-refractivity contribution in [1.29, 1.82) is 0 Å². The monoisotopic (exact) mass is 404 g/mol. The molecule has 148 valence electrons. The Morgan fingerprint density at radius 1 is 1.00 bits per heavy atom. The summed E-state index contributed by atoms with van der Waals surface area (Å²) in [6.45, 7) is 0.767. The number of fused-ring (bicyclic) bond motifs is 1. The molecule has 1 fully saturated rings. The summed E-state index contributed by atoms with van der Waals surface area (Å²) in [5.41, 5.74) is 9.24. The Labute approximate surface area is 162 Å². The maximum atomic E-state index is 12.5. The van der Waals surface area contributed by atoms with Crippen LogP contribution in [0, 0.1) is 0 Å². The first-order chi connectivity index (χ1) is 13.5. The lowest BCUT2D eigenvalue weighted by molar-refractivity contribution is -0.123. The second kappa shape index (κ2) is 7.76. The molecule has 2 unspecified atom stereocenters. The van der Waals surface area contributed by atoms with Crippen LogP contribution < -0.4 is 30.6 Å². The van der Waals surface area contributed by atoms with E-state index in [0.29, 0.717) is 31.1 Å². The lowest BCUT2D eigenvalue weighted by Crippen LogP contribution is -2.50. The Morgan fingerprint density at radius 3 is 2.54 bits per heavy atom. The molecule has 0 saturated carbocycles. The fraction of sp³-hybridized carbons (Fsp3) is 0.278. The predicted molar refractivity (Wildman–Crippen MR) is 99.8 cm³/mol. The molecule has 2 aromatic rings. The van der Waals surface area contributed by atoms with E-state index < -0.39 is 22.0 Å². The van der Waals surface area contributed by atoms with Gasteiger partial charge < -0.3 is 9.47 Å². The molecule has 1 amide bonds. The molecular weight excluding hydrogens is 384 g/mol. The van der Waals surface area contributed by atoms with Crippen molar-refractivity contribution < 1.29 is 22.7 Å². The lowest BCUT2D eigenvalue weighted by Gasteiger charge is -2.19. The summed E-state index contributed by atoms with van der Waals surface area (Å²) in [5, 5.41) is 0. The highest BCUT2D eigenvalue weighted by Crippen LogP contribution is 2.32. The lowest BCUT2D eigenvalue weighted by atomic mass is 10.0. The molecule has 0 bridgehead atoms. The Hall–Kier alpha value is -2.66. The number of carbonyl (C=O) groups is 1. The van der Waals surface area contributed by atoms with Crippen molar-refractivity contribution in [2.75, 3.05) is 13.2 Å². The normalized spacial score (nSPS) is 21.3. The summed E-state index contributed by atoms with van der Waals surface area (Å²) in [6, 6.07) is 13.4. The van der Waals surface area contributed by atoms with Crippen molar-refractivity contribution in [3.8, 4) is 11.5 Å². The Morgan fingerprint density at radius 2 is 1.75 bits per heavy atom. The molecule has 4 rings (SSSR count). The SMILES string of the molecule is O=C(NNS(=O)(=O)c1ccc2c(c1)OCCO2)C1CC(c2ccccc2)NN1. The number of rotatable bonds is 5. The van der Waals surface area contributed by atoms with Gasteiger partial charge in [-0.2, -0.15) is 0 Å². The number of hydrogen-bond donors (Lipinski definition) is 4. The number of nitrogens with one attached hydrogen (secondary N) is 4. The summed E-state index contributed by atoms with van der Waals surface area (Å²) in [5.74, 6) is 0.363. The Balaban J connectivity index is 1.36. The molecule has 28 heavy (non-hydrogen) atoms. The van der Waals surface area contributed by atoms with Crippen molar-refractivity contribution in [2.45, 2.75) is 23.4 Å². The Kier molecular flexibility index (Phi) is 5.18. The number of hydrogen-bond acceptors (Lipinski definition) is 7. The van der Waals surface area contributed by atoms with E-state index in [-0.39, 0.29) is 10.9 Å². The molecule has 0 aliphatic carbocycles. The predicted octanol–water partition coefficient (Wildman–Crippen LogP) is 0.375. The second-order valence-corrected chi connectivity index (χ2v) is 8.12. The van der Waals surface area contributed by atoms with Gasteiger partial charge in [0.1, 0.15) is 19.3 Å². The van der Waals surface area contributed by atoms with E-state index in [9.17, 15) is 13.2 Å². The van der Waals surface area contributed by atoms with Crippen LogP contribution in [0.5, 0.6) is 11.5 Å². The first kappa shape index (κ1) is 18.7. The van der Waals surface area contributed by atoms with E-state index in [4.69, 9.17) is 9.47 Å². The van der Waals surface area contributed by atoms with E-state index in [0.717, 1.165) is 5.56 Å². The van der Waals surface area contributed by atoms with Gasteiger partial charge in [0.2, 0.25) is 0 Å². The van der Waals surface area contributed by atoms with Crippen LogP contribution >= 0.6 is 0 Å². The van der Waals surface area contributed by atoms with Crippen LogP contribution in [0.3, 0.4) is 0 Å². The van der Waals surface area contributed by atoms with Gasteiger partial charge in [-0.1, -0.05) is 30.3 Å². The molecule has 2 atom stereocenters. The molecule has 4 N–H and O–H groups in total. The average Bonchev–Trinajstić information content (AvgIpc) is 3.23. The Bertz CT molecular complexity index is 967. The third kappa shape index (κ3) is 3.94. The highest BCUT2D eigenvalue weighted by Gasteiger charge is 2.31. The first-order valence-corrected chi connectivity index (χ1v) is 10.3. The third-order valence-corrected chi connectivity index (χ3v) is 5.80. The van der Waals surface area contributed by atoms with Crippen LogP contribution in [0.25, 0.3) is 0 Å². The minimum Gasteiger partial charge on any atom is -0.486 e. The quantitative estimate of drug-likeness (QED) is 0.532. The van der Waals surface area contributed by atoms with Crippen molar-refractivity contribution >= 4 is 15.9 Å². The minimum atomic E-state index is -3.95. The van der Waals surface area contributed by atoms with Gasteiger partial charge in [0.05, 0.1) is 4.90 Å². The van der Waals surface area contributed by atoms with Crippen LogP contribution in [0.4, 0.5) is 0 Å². The van der Waals surface area contributed by atoms with Gasteiger partial charge in [0, 0.05) is 12.1 Å². The van der Waals surface area contributed by atoms with Gasteiger partial charge in [-0.05, 0) is 24.1 Å². The van der Waals surface area contributed by atoms with E-state index in [2.05, 4.69) is 21.1 Å². The highest BCUT2D eigenvalue weighted by atomic mass is 32.2. The highest BCUT2D eigenvalue weighted by molar-refractivity contribution is 7.89. The number of sulfonamides is 1. The van der Waals surface area contributed by atoms with Gasteiger partial charge in [-0.15, -0.1) is 4.83 Å². The van der Waals surface area contributed by atoms with E-state index in [1.807, 2.05) is 30.3 Å². The smallest absolute Gasteiger partial charge is 0.257 e. The van der Waals surface area contributed by atoms with Gasteiger partial charge in [-0.3, -0.25) is 10.2 Å². The second-order valence-electron chi connectivity index (χ2n) is 6.44. The zero-order valence-electron chi connectivity index (χ0n) is 14.8. The maximum Gasteiger partial charge on any atom is 0.257 e. The third-order valence-electron chi connectivity index (χ3n) is 4.55. The molecule has 9 nitrogen and oxygen atoms in total. The molecular formula is C18H20N4O5S. The summed E-state index contributed by atoms with van der Waals surface area (Å²) in [7, 11) is -3.95. The van der Waals surface area contributed by atoms with Crippen LogP contribution in [-0.4, -0.2) is 33.6 Å². The average molecular weight is 404 g/mol. The topological polar surface area (TPSA) is 118 Å². The summed E-state index contributed by atoms with van der Waals surface area (Å²) >= 11 is 0. The van der Waals surface area contributed by atoms with E-state index in [1.54, 1.807) is 0 Å². The molecule has 0 radical (unpaired) electrons. The number of amides is 1. The molecule has 2 aliphatic heterocycles. The summed E-state index contributed by atoms with van der Waals surface area (Å²) in [4.78, 5) is 14.4. The van der Waals surface area contributed by atoms with Crippen molar-refractivity contribution in [3.63, 3.8) is 0 Å². The number of ether oxygens (including phenoxy) is 2. The van der Waals surface area contributed by atoms with Gasteiger partial charge in [0.15, 0.2) is 11.5 Å². The largest absolute Gasteiger partial charge is 0.486 e. The van der Waals surface area contributed by atoms with Gasteiger partial charge in [-0.25, -0.2) is 19.3 Å². The van der Waals surface area contributed by atoms with Gasteiger partial charge in [0.25, 0.3) is 15.9 Å². The molecule has 10 heteroatoms. The van der Waals surface area contributed by atoms with Crippen molar-refractivity contribution in [3.05, 3.63) is 54.1 Å². The minimum absolute atomic E-state index is 0.0308. The van der Waals surface area contributed by atoms with E-state index >= 15 is 0 Å². The van der Waals surface area contributed by atoms with Crippen LogP contribution in [0.2, 0.25) is 0 Å². The number of carbonyl (C=O) groups excluding carboxylic acids is 1. The molecule has 2 aromatic carbocycles. The fourth-order valence-electron chi connectivity index (χ4n) is 3.09. The zero-order chi connectivity index (χ0) is 19.6. The molecule has 0 spiro atoms.